The van der Waals surface area contributed by atoms with Crippen LogP contribution in [0.25, 0.3) is 0 Å². The van der Waals surface area contributed by atoms with Crippen LogP contribution in [0.3, 0.4) is 0 Å². The minimum absolute atomic E-state index is 0.0186. The first-order valence-corrected chi connectivity index (χ1v) is 13.6. The molecule has 40 heavy (non-hydrogen) atoms. The van der Waals surface area contributed by atoms with Crippen molar-refractivity contribution in [2.24, 2.45) is 0 Å². The zero-order valence-corrected chi connectivity index (χ0v) is 23.6. The minimum Gasteiger partial charge on any atom is -0.324 e. The van der Waals surface area contributed by atoms with E-state index in [1.165, 1.54) is 24.3 Å². The van der Waals surface area contributed by atoms with Gasteiger partial charge >= 0.3 is 0 Å². The predicted octanol–water partition coefficient (Wildman–Crippen LogP) is 5.59. The van der Waals surface area contributed by atoms with E-state index < -0.39 is 28.7 Å². The maximum atomic E-state index is 13.8. The molecule has 0 aliphatic rings. The largest absolute Gasteiger partial charge is 0.324 e. The molecule has 0 fully saturated rings. The Morgan fingerprint density at radius 2 is 1.23 bits per heavy atom. The molecule has 0 spiro atoms. The summed E-state index contributed by atoms with van der Waals surface area (Å²) in [5.41, 5.74) is 2.40. The zero-order valence-electron chi connectivity index (χ0n) is 21.4. The topological polar surface area (TPSA) is 110 Å². The number of rotatable bonds is 10. The standard InChI is InChI=1S/C31H26IN3O5/c32-25-13-15-26(16-14-25)33-31(38)28(19-24-11-17-27(18-12-24)35(39)40)34(29(36)20-22-7-3-1-4-8-22)30(37)21-23-9-5-2-6-10-23/h1-18,28H,19-21H2,(H,33,38). The highest BCUT2D eigenvalue weighted by atomic mass is 127. The van der Waals surface area contributed by atoms with Crippen LogP contribution < -0.4 is 5.32 Å². The number of anilines is 1. The normalized spacial score (nSPS) is 11.3. The number of nitrogens with one attached hydrogen (secondary N) is 1. The van der Waals surface area contributed by atoms with E-state index in [2.05, 4.69) is 27.9 Å². The Balaban J connectivity index is 1.71. The summed E-state index contributed by atoms with van der Waals surface area (Å²) in [5.74, 6) is -1.57. The number of non-ortho nitro benzene ring substituents is 1. The molecule has 1 unspecified atom stereocenters. The number of halogens is 1. The van der Waals surface area contributed by atoms with Gasteiger partial charge in [-0.1, -0.05) is 72.8 Å². The van der Waals surface area contributed by atoms with E-state index in [4.69, 9.17) is 0 Å². The quantitative estimate of drug-likeness (QED) is 0.137. The van der Waals surface area contributed by atoms with Crippen LogP contribution >= 0.6 is 22.6 Å². The van der Waals surface area contributed by atoms with Gasteiger partial charge in [0, 0.05) is 27.8 Å². The van der Waals surface area contributed by atoms with E-state index in [-0.39, 0.29) is 24.9 Å². The fourth-order valence-corrected chi connectivity index (χ4v) is 4.59. The van der Waals surface area contributed by atoms with Crippen molar-refractivity contribution in [3.8, 4) is 0 Å². The molecule has 0 saturated carbocycles. The highest BCUT2D eigenvalue weighted by Gasteiger charge is 2.35. The Morgan fingerprint density at radius 1 is 0.725 bits per heavy atom. The molecule has 0 aliphatic carbocycles. The van der Waals surface area contributed by atoms with Gasteiger partial charge in [0.05, 0.1) is 17.8 Å². The first-order chi connectivity index (χ1) is 19.3. The number of carbonyl (C=O) groups excluding carboxylic acids is 3. The van der Waals surface area contributed by atoms with Crippen molar-refractivity contribution in [1.29, 1.82) is 0 Å². The number of carbonyl (C=O) groups is 3. The summed E-state index contributed by atoms with van der Waals surface area (Å²) in [7, 11) is 0. The Hall–Kier alpha value is -4.38. The van der Waals surface area contributed by atoms with E-state index >= 15 is 0 Å². The molecule has 4 aromatic rings. The molecule has 1 N–H and O–H groups in total. The smallest absolute Gasteiger partial charge is 0.269 e. The van der Waals surface area contributed by atoms with Crippen molar-refractivity contribution >= 4 is 51.7 Å². The van der Waals surface area contributed by atoms with Crippen LogP contribution in [0.1, 0.15) is 16.7 Å². The Labute approximate surface area is 245 Å². The third-order valence-electron chi connectivity index (χ3n) is 6.24. The lowest BCUT2D eigenvalue weighted by molar-refractivity contribution is -0.384. The lowest BCUT2D eigenvalue weighted by atomic mass is 10.0. The second-order valence-electron chi connectivity index (χ2n) is 9.12. The van der Waals surface area contributed by atoms with Crippen molar-refractivity contribution in [2.45, 2.75) is 25.3 Å². The van der Waals surface area contributed by atoms with Crippen molar-refractivity contribution in [3.63, 3.8) is 0 Å². The third-order valence-corrected chi connectivity index (χ3v) is 6.96. The van der Waals surface area contributed by atoms with E-state index in [1.54, 1.807) is 60.7 Å². The molecule has 0 bridgehead atoms. The van der Waals surface area contributed by atoms with Crippen LogP contribution in [0.4, 0.5) is 11.4 Å². The van der Waals surface area contributed by atoms with E-state index in [0.717, 1.165) is 8.47 Å². The molecule has 0 saturated heterocycles. The number of hydrogen-bond acceptors (Lipinski definition) is 5. The molecular weight excluding hydrogens is 621 g/mol. The zero-order chi connectivity index (χ0) is 28.5. The number of nitro benzene ring substituents is 1. The second-order valence-corrected chi connectivity index (χ2v) is 10.4. The molecular formula is C31H26IN3O5. The van der Waals surface area contributed by atoms with Crippen LogP contribution in [-0.2, 0) is 33.6 Å². The Bertz CT molecular complexity index is 1420. The molecule has 4 aromatic carbocycles. The maximum absolute atomic E-state index is 13.8. The average Bonchev–Trinajstić information content (AvgIpc) is 2.95. The predicted molar refractivity (Wildman–Crippen MR) is 161 cm³/mol. The van der Waals surface area contributed by atoms with Crippen LogP contribution in [0.2, 0.25) is 0 Å². The monoisotopic (exact) mass is 647 g/mol. The van der Waals surface area contributed by atoms with Crippen molar-refractivity contribution < 1.29 is 19.3 Å². The second kappa shape index (κ2) is 13.6. The van der Waals surface area contributed by atoms with E-state index in [9.17, 15) is 24.5 Å². The maximum Gasteiger partial charge on any atom is 0.269 e. The molecule has 0 heterocycles. The first-order valence-electron chi connectivity index (χ1n) is 12.5. The summed E-state index contributed by atoms with van der Waals surface area (Å²) in [4.78, 5) is 53.0. The van der Waals surface area contributed by atoms with Gasteiger partial charge in [0.25, 0.3) is 5.69 Å². The van der Waals surface area contributed by atoms with Gasteiger partial charge in [-0.15, -0.1) is 0 Å². The first kappa shape index (κ1) is 28.6. The lowest BCUT2D eigenvalue weighted by Gasteiger charge is -2.30. The summed E-state index contributed by atoms with van der Waals surface area (Å²) >= 11 is 2.16. The van der Waals surface area contributed by atoms with Crippen LogP contribution in [0.15, 0.2) is 109 Å². The van der Waals surface area contributed by atoms with Gasteiger partial charge in [-0.3, -0.25) is 29.4 Å². The summed E-state index contributed by atoms with van der Waals surface area (Å²) in [5, 5.41) is 14.0. The van der Waals surface area contributed by atoms with Gasteiger partial charge in [0.15, 0.2) is 0 Å². The van der Waals surface area contributed by atoms with E-state index in [0.29, 0.717) is 22.4 Å². The van der Waals surface area contributed by atoms with E-state index in [1.807, 2.05) is 24.3 Å². The van der Waals surface area contributed by atoms with Crippen molar-refractivity contribution in [2.75, 3.05) is 5.32 Å². The molecule has 1 atom stereocenters. The molecule has 8 nitrogen and oxygen atoms in total. The fourth-order valence-electron chi connectivity index (χ4n) is 4.24. The third kappa shape index (κ3) is 7.82. The Kier molecular flexibility index (Phi) is 9.74. The number of nitro groups is 1. The SMILES string of the molecule is O=C(Nc1ccc(I)cc1)C(Cc1ccc([N+](=O)[O-])cc1)N(C(=O)Cc1ccccc1)C(=O)Cc1ccccc1. The van der Waals surface area contributed by atoms with Crippen molar-refractivity contribution in [1.82, 2.24) is 4.90 Å². The Morgan fingerprint density at radius 3 is 1.70 bits per heavy atom. The molecule has 3 amide bonds. The number of nitrogens with zero attached hydrogens (tertiary/aromatic N) is 2. The molecule has 0 aliphatic heterocycles. The van der Waals surface area contributed by atoms with Crippen LogP contribution in [-0.4, -0.2) is 33.6 Å². The molecule has 202 valence electrons. The van der Waals surface area contributed by atoms with Gasteiger partial charge in [0.1, 0.15) is 6.04 Å². The summed E-state index contributed by atoms with van der Waals surface area (Å²) in [6.45, 7) is 0. The molecule has 9 heteroatoms. The highest BCUT2D eigenvalue weighted by Crippen LogP contribution is 2.20. The van der Waals surface area contributed by atoms with Gasteiger partial charge in [-0.2, -0.15) is 0 Å². The average molecular weight is 647 g/mol. The van der Waals surface area contributed by atoms with Gasteiger partial charge < -0.3 is 5.32 Å². The summed E-state index contributed by atoms with van der Waals surface area (Å²) in [6.07, 6.45) is -0.168. The van der Waals surface area contributed by atoms with Crippen LogP contribution in [0.5, 0.6) is 0 Å². The number of benzene rings is 4. The van der Waals surface area contributed by atoms with Crippen LogP contribution in [0, 0.1) is 13.7 Å². The lowest BCUT2D eigenvalue weighted by Crippen LogP contribution is -2.52. The van der Waals surface area contributed by atoms with Gasteiger partial charge in [-0.05, 0) is 63.5 Å². The highest BCUT2D eigenvalue weighted by molar-refractivity contribution is 14.1. The van der Waals surface area contributed by atoms with Crippen molar-refractivity contribution in [3.05, 3.63) is 140 Å². The molecule has 4 rings (SSSR count). The molecule has 0 aromatic heterocycles. The van der Waals surface area contributed by atoms with Gasteiger partial charge in [-0.25, -0.2) is 0 Å². The summed E-state index contributed by atoms with van der Waals surface area (Å²) < 4.78 is 0.982. The summed E-state index contributed by atoms with van der Waals surface area (Å²) in [6, 6.07) is 29.7. The van der Waals surface area contributed by atoms with Gasteiger partial charge in [0.2, 0.25) is 17.7 Å². The minimum atomic E-state index is -1.20. The molecule has 0 radical (unpaired) electrons. The number of imide groups is 1. The fraction of sp³-hybridized carbons (Fsp3) is 0.129. The number of amides is 3. The number of hydrogen-bond donors (Lipinski definition) is 1.